The topological polar surface area (TPSA) is 98.0 Å². The summed E-state index contributed by atoms with van der Waals surface area (Å²) >= 11 is 1.33. The van der Waals surface area contributed by atoms with Crippen molar-refractivity contribution in [2.45, 2.75) is 51.1 Å². The van der Waals surface area contributed by atoms with Crippen LogP contribution in [0.5, 0.6) is 0 Å². The van der Waals surface area contributed by atoms with Gasteiger partial charge in [-0.15, -0.1) is 0 Å². The summed E-state index contributed by atoms with van der Waals surface area (Å²) in [5.74, 6) is -0.928. The number of thiazole rings is 1. The van der Waals surface area contributed by atoms with Gasteiger partial charge >= 0.3 is 5.97 Å². The summed E-state index contributed by atoms with van der Waals surface area (Å²) in [4.78, 5) is 30.0. The van der Waals surface area contributed by atoms with Crippen molar-refractivity contribution in [1.29, 1.82) is 0 Å². The quantitative estimate of drug-likeness (QED) is 0.462. The molecule has 1 saturated carbocycles. The number of ether oxygens (including phenoxy) is 1. The standard InChI is InChI=1S/C24H27N3O5S2/c1-5-32-21(28)14-27-20-13-15(2)12-16(3)22(20)33-24(27)25-23(29)17-6-10-19(11-7-17)34(30,31)26(4)18-8-9-18/h6-7,10-13,18H,5,8-9,14H2,1-4H3. The van der Waals surface area contributed by atoms with Gasteiger partial charge in [0.25, 0.3) is 5.91 Å². The van der Waals surface area contributed by atoms with E-state index in [0.717, 1.165) is 34.2 Å². The average molecular weight is 502 g/mol. The molecule has 0 atom stereocenters. The molecule has 0 radical (unpaired) electrons. The maximum Gasteiger partial charge on any atom is 0.326 e. The summed E-state index contributed by atoms with van der Waals surface area (Å²) in [6, 6.07) is 9.85. The Balaban J connectivity index is 1.71. The second-order valence-electron chi connectivity index (χ2n) is 8.40. The zero-order valence-corrected chi connectivity index (χ0v) is 21.2. The second-order valence-corrected chi connectivity index (χ2v) is 11.4. The number of hydrogen-bond donors (Lipinski definition) is 0. The Morgan fingerprint density at radius 3 is 2.47 bits per heavy atom. The van der Waals surface area contributed by atoms with Crippen LogP contribution < -0.4 is 4.80 Å². The highest BCUT2D eigenvalue weighted by Crippen LogP contribution is 2.30. The molecule has 0 saturated heterocycles. The van der Waals surface area contributed by atoms with E-state index in [1.54, 1.807) is 18.5 Å². The molecule has 10 heteroatoms. The molecule has 1 amide bonds. The number of carbonyl (C=O) groups is 2. The van der Waals surface area contributed by atoms with Gasteiger partial charge in [0.2, 0.25) is 10.0 Å². The number of benzene rings is 2. The number of rotatable bonds is 7. The normalized spacial score (nSPS) is 14.7. The van der Waals surface area contributed by atoms with Crippen LogP contribution in [0.4, 0.5) is 0 Å². The zero-order chi connectivity index (χ0) is 24.6. The highest BCUT2D eigenvalue weighted by Gasteiger charge is 2.35. The van der Waals surface area contributed by atoms with E-state index in [-0.39, 0.29) is 29.7 Å². The van der Waals surface area contributed by atoms with Crippen LogP contribution in [0.1, 0.15) is 41.3 Å². The Labute approximate surface area is 202 Å². The molecule has 1 aromatic heterocycles. The molecule has 2 aromatic carbocycles. The van der Waals surface area contributed by atoms with Gasteiger partial charge in [0, 0.05) is 18.7 Å². The number of sulfonamides is 1. The highest BCUT2D eigenvalue weighted by molar-refractivity contribution is 7.89. The molecule has 0 unspecified atom stereocenters. The van der Waals surface area contributed by atoms with Crippen molar-refractivity contribution in [3.63, 3.8) is 0 Å². The average Bonchev–Trinajstić information content (AvgIpc) is 3.58. The van der Waals surface area contributed by atoms with Crippen molar-refractivity contribution < 1.29 is 22.7 Å². The molecular formula is C24H27N3O5S2. The van der Waals surface area contributed by atoms with Crippen LogP contribution in [0.25, 0.3) is 10.2 Å². The first-order valence-corrected chi connectivity index (χ1v) is 13.3. The molecule has 3 aromatic rings. The minimum absolute atomic E-state index is 0.0520. The lowest BCUT2D eigenvalue weighted by molar-refractivity contribution is -0.143. The first kappa shape index (κ1) is 24.3. The number of amides is 1. The summed E-state index contributed by atoms with van der Waals surface area (Å²) in [5, 5.41) is 0. The van der Waals surface area contributed by atoms with Gasteiger partial charge in [-0.05, 0) is 75.1 Å². The van der Waals surface area contributed by atoms with Crippen molar-refractivity contribution in [3.8, 4) is 0 Å². The van der Waals surface area contributed by atoms with E-state index in [0.29, 0.717) is 4.80 Å². The fourth-order valence-corrected chi connectivity index (χ4v) is 6.30. The van der Waals surface area contributed by atoms with E-state index in [9.17, 15) is 18.0 Å². The van der Waals surface area contributed by atoms with E-state index in [2.05, 4.69) is 4.99 Å². The Morgan fingerprint density at radius 2 is 1.85 bits per heavy atom. The zero-order valence-electron chi connectivity index (χ0n) is 19.6. The molecule has 1 aliphatic rings. The van der Waals surface area contributed by atoms with E-state index >= 15 is 0 Å². The first-order valence-electron chi connectivity index (χ1n) is 11.0. The number of carbonyl (C=O) groups excluding carboxylic acids is 2. The largest absolute Gasteiger partial charge is 0.465 e. The Bertz CT molecular complexity index is 1430. The van der Waals surface area contributed by atoms with E-state index in [1.807, 2.05) is 26.0 Å². The third kappa shape index (κ3) is 4.84. The van der Waals surface area contributed by atoms with Gasteiger partial charge in [0.1, 0.15) is 6.54 Å². The van der Waals surface area contributed by atoms with Gasteiger partial charge in [-0.3, -0.25) is 9.59 Å². The number of aryl methyl sites for hydroxylation is 2. The predicted molar refractivity (Wildman–Crippen MR) is 130 cm³/mol. The van der Waals surface area contributed by atoms with E-state index in [4.69, 9.17) is 4.74 Å². The fraction of sp³-hybridized carbons (Fsp3) is 0.375. The number of hydrogen-bond acceptors (Lipinski definition) is 6. The van der Waals surface area contributed by atoms with Crippen molar-refractivity contribution >= 4 is 43.5 Å². The first-order chi connectivity index (χ1) is 16.1. The van der Waals surface area contributed by atoms with Gasteiger partial charge in [-0.2, -0.15) is 9.30 Å². The maximum absolute atomic E-state index is 13.0. The Morgan fingerprint density at radius 1 is 1.18 bits per heavy atom. The molecule has 0 bridgehead atoms. The third-order valence-corrected chi connectivity index (χ3v) is 8.90. The van der Waals surface area contributed by atoms with Gasteiger partial charge in [0.15, 0.2) is 4.80 Å². The van der Waals surface area contributed by atoms with Crippen molar-refractivity contribution in [2.75, 3.05) is 13.7 Å². The summed E-state index contributed by atoms with van der Waals surface area (Å²) in [6.07, 6.45) is 1.73. The lowest BCUT2D eigenvalue weighted by Crippen LogP contribution is -2.28. The molecule has 1 aliphatic carbocycles. The molecule has 180 valence electrons. The monoisotopic (exact) mass is 501 g/mol. The molecule has 8 nitrogen and oxygen atoms in total. The van der Waals surface area contributed by atoms with Crippen LogP contribution in [-0.2, 0) is 26.1 Å². The molecule has 0 spiro atoms. The van der Waals surface area contributed by atoms with Gasteiger partial charge < -0.3 is 9.30 Å². The Kier molecular flexibility index (Phi) is 6.75. The van der Waals surface area contributed by atoms with Crippen molar-refractivity contribution in [1.82, 2.24) is 8.87 Å². The number of nitrogens with zero attached hydrogens (tertiary/aromatic N) is 3. The van der Waals surface area contributed by atoms with Crippen LogP contribution in [0.15, 0.2) is 46.3 Å². The SMILES string of the molecule is CCOC(=O)Cn1c(=NC(=O)c2ccc(S(=O)(=O)N(C)C3CC3)cc2)sc2c(C)cc(C)cc21. The molecule has 1 fully saturated rings. The fourth-order valence-electron chi connectivity index (χ4n) is 3.81. The van der Waals surface area contributed by atoms with Gasteiger partial charge in [0.05, 0.1) is 21.7 Å². The van der Waals surface area contributed by atoms with E-state index < -0.39 is 21.9 Å². The van der Waals surface area contributed by atoms with Gasteiger partial charge in [-0.25, -0.2) is 8.42 Å². The summed E-state index contributed by atoms with van der Waals surface area (Å²) in [6.45, 7) is 5.88. The minimum Gasteiger partial charge on any atom is -0.465 e. The number of aromatic nitrogens is 1. The van der Waals surface area contributed by atoms with Crippen LogP contribution in [0.3, 0.4) is 0 Å². The van der Waals surface area contributed by atoms with Gasteiger partial charge in [-0.1, -0.05) is 17.4 Å². The second kappa shape index (κ2) is 9.44. The Hall–Kier alpha value is -2.82. The summed E-state index contributed by atoms with van der Waals surface area (Å²) in [5.41, 5.74) is 3.14. The third-order valence-electron chi connectivity index (χ3n) is 5.74. The lowest BCUT2D eigenvalue weighted by atomic mass is 10.1. The maximum atomic E-state index is 13.0. The molecule has 1 heterocycles. The molecule has 0 N–H and O–H groups in total. The predicted octanol–water partition coefficient (Wildman–Crippen LogP) is 3.41. The summed E-state index contributed by atoms with van der Waals surface area (Å²) < 4.78 is 34.6. The summed E-state index contributed by atoms with van der Waals surface area (Å²) in [7, 11) is -2.01. The highest BCUT2D eigenvalue weighted by atomic mass is 32.2. The van der Waals surface area contributed by atoms with Crippen molar-refractivity contribution in [2.24, 2.45) is 4.99 Å². The molecule has 0 aliphatic heterocycles. The number of fused-ring (bicyclic) bond motifs is 1. The minimum atomic E-state index is -3.59. The molecule has 4 rings (SSSR count). The number of esters is 1. The lowest BCUT2D eigenvalue weighted by Gasteiger charge is -2.16. The smallest absolute Gasteiger partial charge is 0.326 e. The van der Waals surface area contributed by atoms with Crippen LogP contribution in [0, 0.1) is 13.8 Å². The molecule has 34 heavy (non-hydrogen) atoms. The van der Waals surface area contributed by atoms with Crippen LogP contribution >= 0.6 is 11.3 Å². The van der Waals surface area contributed by atoms with Crippen LogP contribution in [-0.4, -0.2) is 48.9 Å². The molecular weight excluding hydrogens is 474 g/mol. The van der Waals surface area contributed by atoms with Crippen LogP contribution in [0.2, 0.25) is 0 Å². The van der Waals surface area contributed by atoms with Crippen molar-refractivity contribution in [3.05, 3.63) is 57.9 Å². The van der Waals surface area contributed by atoms with E-state index in [1.165, 1.54) is 39.9 Å².